The Kier molecular flexibility index (Phi) is 4.55. The molecule has 0 N–H and O–H groups in total. The number of imide groups is 1. The molecule has 4 rings (SSSR count). The summed E-state index contributed by atoms with van der Waals surface area (Å²) < 4.78 is 30.7. The van der Waals surface area contributed by atoms with Crippen LogP contribution in [-0.2, 0) is 19.7 Å². The Bertz CT molecular complexity index is 1050. The van der Waals surface area contributed by atoms with Gasteiger partial charge in [-0.3, -0.25) is 9.59 Å². The third-order valence-electron chi connectivity index (χ3n) is 5.12. The predicted octanol–water partition coefficient (Wildman–Crippen LogP) is 3.22. The molecule has 1 saturated heterocycles. The van der Waals surface area contributed by atoms with E-state index < -0.39 is 22.0 Å². The number of allylic oxidation sites excluding steroid dienone is 2. The van der Waals surface area contributed by atoms with Gasteiger partial charge in [0, 0.05) is 0 Å². The zero-order chi connectivity index (χ0) is 19.9. The van der Waals surface area contributed by atoms with Crippen molar-refractivity contribution >= 4 is 27.6 Å². The van der Waals surface area contributed by atoms with E-state index in [9.17, 15) is 18.0 Å². The Balaban J connectivity index is 1.69. The molecule has 0 aromatic heterocycles. The number of benzene rings is 2. The fourth-order valence-electron chi connectivity index (χ4n) is 3.62. The highest BCUT2D eigenvalue weighted by molar-refractivity contribution is 7.87. The Morgan fingerprint density at radius 1 is 0.893 bits per heavy atom. The van der Waals surface area contributed by atoms with Gasteiger partial charge in [0.1, 0.15) is 4.90 Å². The number of carbonyl (C=O) groups is 2. The molecule has 2 aromatic carbocycles. The van der Waals surface area contributed by atoms with Gasteiger partial charge in [0.2, 0.25) is 11.8 Å². The highest BCUT2D eigenvalue weighted by atomic mass is 32.2. The topological polar surface area (TPSA) is 80.8 Å². The Hall–Kier alpha value is -2.93. The Labute approximate surface area is 163 Å². The minimum atomic E-state index is -4.10. The standard InChI is InChI=1S/C21H19NO5S/c1-14-10-12-15(13-11-14)28(25,26)27-19-9-5-4-8-18(19)22-20(23)16-6-2-3-7-17(16)21(22)24/h2-5,8-13,16-17H,6-7H2,1H3/t16-,17+. The van der Waals surface area contributed by atoms with Crippen molar-refractivity contribution in [1.29, 1.82) is 0 Å². The first-order valence-corrected chi connectivity index (χ1v) is 10.4. The molecule has 0 radical (unpaired) electrons. The van der Waals surface area contributed by atoms with E-state index in [1.54, 1.807) is 24.3 Å². The van der Waals surface area contributed by atoms with Gasteiger partial charge in [-0.05, 0) is 44.0 Å². The number of hydrogen-bond donors (Lipinski definition) is 0. The molecule has 2 amide bonds. The van der Waals surface area contributed by atoms with Crippen molar-refractivity contribution in [2.45, 2.75) is 24.7 Å². The number of aryl methyl sites for hydroxylation is 1. The van der Waals surface area contributed by atoms with Crippen LogP contribution in [0.1, 0.15) is 18.4 Å². The summed E-state index contributed by atoms with van der Waals surface area (Å²) in [6, 6.07) is 12.5. The number of fused-ring (bicyclic) bond motifs is 1. The number of para-hydroxylation sites is 2. The molecule has 1 aliphatic carbocycles. The van der Waals surface area contributed by atoms with Crippen molar-refractivity contribution in [3.05, 3.63) is 66.2 Å². The van der Waals surface area contributed by atoms with Crippen LogP contribution >= 0.6 is 0 Å². The summed E-state index contributed by atoms with van der Waals surface area (Å²) >= 11 is 0. The maximum Gasteiger partial charge on any atom is 0.339 e. The molecule has 6 nitrogen and oxygen atoms in total. The van der Waals surface area contributed by atoms with Crippen LogP contribution in [0, 0.1) is 18.8 Å². The largest absolute Gasteiger partial charge is 0.377 e. The van der Waals surface area contributed by atoms with Gasteiger partial charge < -0.3 is 4.18 Å². The highest BCUT2D eigenvalue weighted by Crippen LogP contribution is 2.41. The Morgan fingerprint density at radius 3 is 2.07 bits per heavy atom. The Morgan fingerprint density at radius 2 is 1.46 bits per heavy atom. The average Bonchev–Trinajstić information content (AvgIpc) is 2.93. The van der Waals surface area contributed by atoms with Crippen LogP contribution in [0.5, 0.6) is 5.75 Å². The lowest BCUT2D eigenvalue weighted by Crippen LogP contribution is -2.31. The third-order valence-corrected chi connectivity index (χ3v) is 6.37. The lowest BCUT2D eigenvalue weighted by atomic mass is 9.85. The number of hydrogen-bond acceptors (Lipinski definition) is 5. The molecule has 28 heavy (non-hydrogen) atoms. The maximum atomic E-state index is 12.8. The molecule has 0 bridgehead atoms. The zero-order valence-electron chi connectivity index (χ0n) is 15.2. The molecule has 2 atom stereocenters. The van der Waals surface area contributed by atoms with Crippen LogP contribution < -0.4 is 9.08 Å². The summed E-state index contributed by atoms with van der Waals surface area (Å²) in [7, 11) is -4.10. The summed E-state index contributed by atoms with van der Waals surface area (Å²) in [5.41, 5.74) is 1.08. The van der Waals surface area contributed by atoms with E-state index in [1.165, 1.54) is 24.3 Å². The van der Waals surface area contributed by atoms with Crippen molar-refractivity contribution in [2.24, 2.45) is 11.8 Å². The van der Waals surface area contributed by atoms with Gasteiger partial charge >= 0.3 is 10.1 Å². The number of nitrogens with zero attached hydrogens (tertiary/aromatic N) is 1. The minimum Gasteiger partial charge on any atom is -0.377 e. The van der Waals surface area contributed by atoms with Gasteiger partial charge in [0.05, 0.1) is 17.5 Å². The first-order chi connectivity index (χ1) is 13.4. The number of anilines is 1. The minimum absolute atomic E-state index is 0.00449. The molecule has 2 aromatic rings. The molecular weight excluding hydrogens is 378 g/mol. The molecule has 7 heteroatoms. The first kappa shape index (κ1) is 18.4. The van der Waals surface area contributed by atoms with Crippen molar-refractivity contribution in [3.63, 3.8) is 0 Å². The summed E-state index contributed by atoms with van der Waals surface area (Å²) in [5.74, 6) is -1.49. The fourth-order valence-corrected chi connectivity index (χ4v) is 4.56. The SMILES string of the molecule is Cc1ccc(S(=O)(=O)Oc2ccccc2N2C(=O)[C@H]3CC=CC[C@H]3C2=O)cc1. The molecule has 1 fully saturated rings. The van der Waals surface area contributed by atoms with Gasteiger partial charge in [-0.25, -0.2) is 4.90 Å². The summed E-state index contributed by atoms with van der Waals surface area (Å²) in [6.45, 7) is 1.85. The van der Waals surface area contributed by atoms with E-state index in [2.05, 4.69) is 0 Å². The normalized spacial score (nSPS) is 21.7. The van der Waals surface area contributed by atoms with Gasteiger partial charge in [-0.1, -0.05) is 42.0 Å². The van der Waals surface area contributed by atoms with E-state index in [4.69, 9.17) is 4.18 Å². The molecule has 0 unspecified atom stereocenters. The van der Waals surface area contributed by atoms with E-state index in [-0.39, 0.29) is 28.1 Å². The number of amides is 2. The monoisotopic (exact) mass is 397 g/mol. The van der Waals surface area contributed by atoms with Crippen LogP contribution in [0.2, 0.25) is 0 Å². The van der Waals surface area contributed by atoms with Crippen molar-refractivity contribution in [3.8, 4) is 5.75 Å². The van der Waals surface area contributed by atoms with Gasteiger partial charge in [-0.15, -0.1) is 0 Å². The summed E-state index contributed by atoms with van der Waals surface area (Å²) in [6.07, 6.45) is 4.83. The van der Waals surface area contributed by atoms with E-state index in [0.29, 0.717) is 12.8 Å². The summed E-state index contributed by atoms with van der Waals surface area (Å²) in [4.78, 5) is 26.8. The van der Waals surface area contributed by atoms with Gasteiger partial charge in [0.15, 0.2) is 5.75 Å². The van der Waals surface area contributed by atoms with Crippen LogP contribution in [0.3, 0.4) is 0 Å². The molecule has 144 valence electrons. The van der Waals surface area contributed by atoms with E-state index >= 15 is 0 Å². The van der Waals surface area contributed by atoms with Crippen LogP contribution in [0.15, 0.2) is 65.6 Å². The molecular formula is C21H19NO5S. The van der Waals surface area contributed by atoms with Crippen molar-refractivity contribution in [2.75, 3.05) is 4.90 Å². The molecule has 1 heterocycles. The lowest BCUT2D eigenvalue weighted by molar-refractivity contribution is -0.122. The van der Waals surface area contributed by atoms with Crippen LogP contribution in [-0.4, -0.2) is 20.2 Å². The molecule has 1 aliphatic heterocycles. The van der Waals surface area contributed by atoms with Crippen molar-refractivity contribution in [1.82, 2.24) is 0 Å². The smallest absolute Gasteiger partial charge is 0.339 e. The second-order valence-corrected chi connectivity index (χ2v) is 8.53. The second-order valence-electron chi connectivity index (χ2n) is 6.99. The predicted molar refractivity (Wildman–Crippen MR) is 103 cm³/mol. The number of rotatable bonds is 4. The van der Waals surface area contributed by atoms with Crippen molar-refractivity contribution < 1.29 is 22.2 Å². The zero-order valence-corrected chi connectivity index (χ0v) is 16.1. The lowest BCUT2D eigenvalue weighted by Gasteiger charge is -2.18. The van der Waals surface area contributed by atoms with Crippen LogP contribution in [0.25, 0.3) is 0 Å². The highest BCUT2D eigenvalue weighted by Gasteiger charge is 2.48. The van der Waals surface area contributed by atoms with Gasteiger partial charge in [0.25, 0.3) is 0 Å². The third kappa shape index (κ3) is 3.11. The molecule has 0 saturated carbocycles. The van der Waals surface area contributed by atoms with E-state index in [1.807, 2.05) is 19.1 Å². The maximum absolute atomic E-state index is 12.8. The quantitative estimate of drug-likeness (QED) is 0.450. The van der Waals surface area contributed by atoms with E-state index in [0.717, 1.165) is 10.5 Å². The fraction of sp³-hybridized carbons (Fsp3) is 0.238. The molecule has 2 aliphatic rings. The second kappa shape index (κ2) is 6.91. The van der Waals surface area contributed by atoms with Crippen LogP contribution in [0.4, 0.5) is 5.69 Å². The molecule has 0 spiro atoms. The average molecular weight is 397 g/mol. The number of carbonyl (C=O) groups excluding carboxylic acids is 2. The summed E-state index contributed by atoms with van der Waals surface area (Å²) in [5, 5.41) is 0. The first-order valence-electron chi connectivity index (χ1n) is 9.01. The van der Waals surface area contributed by atoms with Gasteiger partial charge in [-0.2, -0.15) is 8.42 Å².